The van der Waals surface area contributed by atoms with E-state index in [0.717, 1.165) is 5.69 Å². The molecule has 0 bridgehead atoms. The van der Waals surface area contributed by atoms with E-state index in [1.807, 2.05) is 33.9 Å². The van der Waals surface area contributed by atoms with E-state index in [1.54, 1.807) is 10.9 Å². The normalized spacial score (nSPS) is 27.2. The van der Waals surface area contributed by atoms with Crippen LogP contribution in [0.3, 0.4) is 0 Å². The molecule has 6 nitrogen and oxygen atoms in total. The Kier molecular flexibility index (Phi) is 4.39. The highest BCUT2D eigenvalue weighted by Crippen LogP contribution is 2.50. The molecule has 1 aliphatic carbocycles. The van der Waals surface area contributed by atoms with E-state index in [0.29, 0.717) is 13.0 Å². The van der Waals surface area contributed by atoms with Crippen LogP contribution in [-0.2, 0) is 23.0 Å². The third kappa shape index (κ3) is 3.11. The minimum absolute atomic E-state index is 0.0418. The number of carbonyl (C=O) groups is 1. The van der Waals surface area contributed by atoms with Gasteiger partial charge in [0.15, 0.2) is 0 Å². The molecule has 0 unspecified atom stereocenters. The van der Waals surface area contributed by atoms with Crippen LogP contribution in [0.1, 0.15) is 32.9 Å². The predicted molar refractivity (Wildman–Crippen MR) is 78.7 cm³/mol. The first-order valence-electron chi connectivity index (χ1n) is 7.37. The molecule has 0 saturated heterocycles. The van der Waals surface area contributed by atoms with Gasteiger partial charge in [-0.05, 0) is 13.0 Å². The van der Waals surface area contributed by atoms with Gasteiger partial charge in [0.2, 0.25) is 5.91 Å². The van der Waals surface area contributed by atoms with Crippen molar-refractivity contribution < 1.29 is 14.6 Å². The number of hydrogen-bond donors (Lipinski definition) is 2. The van der Waals surface area contributed by atoms with Gasteiger partial charge >= 0.3 is 0 Å². The second-order valence-electron chi connectivity index (χ2n) is 6.34. The van der Waals surface area contributed by atoms with Crippen molar-refractivity contribution in [2.45, 2.75) is 45.3 Å². The molecule has 1 aliphatic rings. The molecule has 0 spiro atoms. The first kappa shape index (κ1) is 16.0. The Balaban J connectivity index is 1.84. The molecule has 0 aliphatic heterocycles. The highest BCUT2D eigenvalue weighted by molar-refractivity contribution is 5.78. The minimum Gasteiger partial charge on any atom is -0.387 e. The van der Waals surface area contributed by atoms with Crippen molar-refractivity contribution in [3.63, 3.8) is 0 Å². The van der Waals surface area contributed by atoms with Crippen LogP contribution in [0.4, 0.5) is 0 Å². The zero-order valence-electron chi connectivity index (χ0n) is 13.2. The number of ether oxygens (including phenoxy) is 1. The third-order valence-corrected chi connectivity index (χ3v) is 4.58. The fourth-order valence-electron chi connectivity index (χ4n) is 2.79. The highest BCUT2D eigenvalue weighted by Gasteiger charge is 2.59. The number of hydrogen-bond acceptors (Lipinski definition) is 4. The van der Waals surface area contributed by atoms with Crippen molar-refractivity contribution >= 4 is 5.91 Å². The first-order valence-corrected chi connectivity index (χ1v) is 7.37. The Morgan fingerprint density at radius 3 is 2.86 bits per heavy atom. The SMILES string of the molecule is CCO[C@H]1C[C@](O)(CNC(=O)Cc2ccn(C)n2)C1(C)C. The molecular weight excluding hydrogens is 270 g/mol. The van der Waals surface area contributed by atoms with Crippen LogP contribution in [0.5, 0.6) is 0 Å². The maximum absolute atomic E-state index is 11.9. The molecule has 1 heterocycles. The Morgan fingerprint density at radius 2 is 2.33 bits per heavy atom. The second kappa shape index (κ2) is 5.77. The van der Waals surface area contributed by atoms with Gasteiger partial charge in [-0.1, -0.05) is 13.8 Å². The lowest BCUT2D eigenvalue weighted by atomic mass is 9.56. The summed E-state index contributed by atoms with van der Waals surface area (Å²) in [6.45, 7) is 6.77. The van der Waals surface area contributed by atoms with Crippen molar-refractivity contribution in [3.05, 3.63) is 18.0 Å². The number of nitrogens with zero attached hydrogens (tertiary/aromatic N) is 2. The minimum atomic E-state index is -0.910. The van der Waals surface area contributed by atoms with Crippen LogP contribution in [0.15, 0.2) is 12.3 Å². The van der Waals surface area contributed by atoms with Crippen LogP contribution in [0.2, 0.25) is 0 Å². The van der Waals surface area contributed by atoms with Crippen molar-refractivity contribution in [2.75, 3.05) is 13.2 Å². The third-order valence-electron chi connectivity index (χ3n) is 4.58. The number of amides is 1. The topological polar surface area (TPSA) is 76.4 Å². The molecule has 2 N–H and O–H groups in total. The lowest BCUT2D eigenvalue weighted by Crippen LogP contribution is -2.68. The van der Waals surface area contributed by atoms with Crippen LogP contribution in [0, 0.1) is 5.41 Å². The summed E-state index contributed by atoms with van der Waals surface area (Å²) in [4.78, 5) is 11.9. The average molecular weight is 295 g/mol. The van der Waals surface area contributed by atoms with Gasteiger partial charge in [-0.2, -0.15) is 5.10 Å². The monoisotopic (exact) mass is 295 g/mol. The van der Waals surface area contributed by atoms with E-state index < -0.39 is 5.60 Å². The summed E-state index contributed by atoms with van der Waals surface area (Å²) in [7, 11) is 1.81. The lowest BCUT2D eigenvalue weighted by Gasteiger charge is -2.57. The molecule has 0 radical (unpaired) electrons. The quantitative estimate of drug-likeness (QED) is 0.808. The summed E-state index contributed by atoms with van der Waals surface area (Å²) in [6.07, 6.45) is 2.63. The zero-order chi connectivity index (χ0) is 15.7. The van der Waals surface area contributed by atoms with E-state index in [1.165, 1.54) is 0 Å². The Bertz CT molecular complexity index is 512. The number of rotatable bonds is 6. The van der Waals surface area contributed by atoms with Gasteiger partial charge in [-0.15, -0.1) is 0 Å². The van der Waals surface area contributed by atoms with Gasteiger partial charge in [0.25, 0.3) is 0 Å². The molecule has 1 fully saturated rings. The van der Waals surface area contributed by atoms with Gasteiger partial charge < -0.3 is 15.2 Å². The van der Waals surface area contributed by atoms with Crippen LogP contribution >= 0.6 is 0 Å². The van der Waals surface area contributed by atoms with Crippen molar-refractivity contribution in [3.8, 4) is 0 Å². The molecule has 21 heavy (non-hydrogen) atoms. The fraction of sp³-hybridized carbons (Fsp3) is 0.733. The molecule has 2 rings (SSSR count). The van der Waals surface area contributed by atoms with E-state index in [-0.39, 0.29) is 30.4 Å². The molecule has 118 valence electrons. The molecular formula is C15H25N3O3. The van der Waals surface area contributed by atoms with E-state index >= 15 is 0 Å². The van der Waals surface area contributed by atoms with Crippen molar-refractivity contribution in [1.29, 1.82) is 0 Å². The number of aliphatic hydroxyl groups is 1. The van der Waals surface area contributed by atoms with Gasteiger partial charge in [0.05, 0.1) is 23.8 Å². The second-order valence-corrected chi connectivity index (χ2v) is 6.34. The summed E-state index contributed by atoms with van der Waals surface area (Å²) in [5.41, 5.74) is -0.546. The smallest absolute Gasteiger partial charge is 0.226 e. The Labute approximate surface area is 125 Å². The van der Waals surface area contributed by atoms with Gasteiger partial charge in [0, 0.05) is 38.2 Å². The van der Waals surface area contributed by atoms with Crippen LogP contribution < -0.4 is 5.32 Å². The molecule has 1 saturated carbocycles. The largest absolute Gasteiger partial charge is 0.387 e. The molecule has 1 aromatic rings. The number of carbonyl (C=O) groups excluding carboxylic acids is 1. The van der Waals surface area contributed by atoms with Crippen LogP contribution in [0.25, 0.3) is 0 Å². The average Bonchev–Trinajstić information content (AvgIpc) is 2.81. The summed E-state index contributed by atoms with van der Waals surface area (Å²) < 4.78 is 7.27. The Hall–Kier alpha value is -1.40. The lowest BCUT2D eigenvalue weighted by molar-refractivity contribution is -0.238. The van der Waals surface area contributed by atoms with Crippen molar-refractivity contribution in [2.24, 2.45) is 12.5 Å². The molecule has 1 aromatic heterocycles. The van der Waals surface area contributed by atoms with E-state index in [4.69, 9.17) is 4.74 Å². The molecule has 2 atom stereocenters. The molecule has 0 aromatic carbocycles. The standard InChI is InChI=1S/C15H25N3O3/c1-5-21-12-9-15(20,14(12,2)3)10-16-13(19)8-11-6-7-18(4)17-11/h6-7,12,20H,5,8-10H2,1-4H3,(H,16,19)/t12-,15-/m0/s1. The van der Waals surface area contributed by atoms with Gasteiger partial charge in [-0.3, -0.25) is 9.48 Å². The van der Waals surface area contributed by atoms with E-state index in [2.05, 4.69) is 10.4 Å². The van der Waals surface area contributed by atoms with Crippen molar-refractivity contribution in [1.82, 2.24) is 15.1 Å². The number of aryl methyl sites for hydroxylation is 1. The maximum Gasteiger partial charge on any atom is 0.226 e. The summed E-state index contributed by atoms with van der Waals surface area (Å²) in [5.74, 6) is -0.127. The highest BCUT2D eigenvalue weighted by atomic mass is 16.5. The first-order chi connectivity index (χ1) is 9.78. The predicted octanol–water partition coefficient (Wildman–Crippen LogP) is 0.645. The fourth-order valence-corrected chi connectivity index (χ4v) is 2.79. The number of aromatic nitrogens is 2. The van der Waals surface area contributed by atoms with Gasteiger partial charge in [-0.25, -0.2) is 0 Å². The molecule has 1 amide bonds. The molecule has 6 heteroatoms. The number of nitrogens with one attached hydrogen (secondary N) is 1. The van der Waals surface area contributed by atoms with Gasteiger partial charge in [0.1, 0.15) is 0 Å². The summed E-state index contributed by atoms with van der Waals surface area (Å²) in [6, 6.07) is 1.81. The Morgan fingerprint density at radius 1 is 1.62 bits per heavy atom. The summed E-state index contributed by atoms with van der Waals surface area (Å²) >= 11 is 0. The maximum atomic E-state index is 11.9. The van der Waals surface area contributed by atoms with Crippen LogP contribution in [-0.4, -0.2) is 45.7 Å². The summed E-state index contributed by atoms with van der Waals surface area (Å²) in [5, 5.41) is 17.6. The van der Waals surface area contributed by atoms with E-state index in [9.17, 15) is 9.90 Å². The zero-order valence-corrected chi connectivity index (χ0v) is 13.2.